The van der Waals surface area contributed by atoms with E-state index in [9.17, 15) is 13.2 Å². The molecule has 8 heteroatoms. The number of carboxylic acids is 1. The molecule has 0 aromatic carbocycles. The van der Waals surface area contributed by atoms with Crippen LogP contribution in [-0.4, -0.2) is 39.8 Å². The quantitative estimate of drug-likeness (QED) is 0.753. The fraction of sp³-hybridized carbons (Fsp3) is 0.500. The molecular weight excluding hydrogens is 262 g/mol. The summed E-state index contributed by atoms with van der Waals surface area (Å²) in [7, 11) is -2.30. The van der Waals surface area contributed by atoms with Gasteiger partial charge in [-0.25, -0.2) is 17.9 Å². The first-order valence-corrected chi connectivity index (χ1v) is 6.67. The zero-order chi connectivity index (χ0) is 13.8. The maximum absolute atomic E-state index is 11.7. The van der Waals surface area contributed by atoms with Crippen LogP contribution in [-0.2, 0) is 14.8 Å². The summed E-state index contributed by atoms with van der Waals surface area (Å²) in [6, 6.07) is 2.20. The molecule has 7 nitrogen and oxygen atoms in total. The molecule has 0 aliphatic carbocycles. The van der Waals surface area contributed by atoms with Gasteiger partial charge in [0.1, 0.15) is 0 Å². The Hall–Kier alpha value is -1.38. The number of rotatable bonds is 7. The molecule has 2 N–H and O–H groups in total. The van der Waals surface area contributed by atoms with Crippen LogP contribution in [0.25, 0.3) is 0 Å². The number of carboxylic acid groups (broad SMARTS) is 1. The summed E-state index contributed by atoms with van der Waals surface area (Å²) in [5.74, 6) is -1.73. The molecule has 0 amide bonds. The summed E-state index contributed by atoms with van der Waals surface area (Å²) in [6.45, 7) is 2.41. The number of furan rings is 1. The molecule has 0 saturated carbocycles. The molecule has 1 rings (SSSR count). The summed E-state index contributed by atoms with van der Waals surface area (Å²) < 4.78 is 35.4. The molecule has 0 radical (unpaired) electrons. The second-order valence-corrected chi connectivity index (χ2v) is 5.53. The summed E-state index contributed by atoms with van der Waals surface area (Å²) in [4.78, 5) is 10.6. The molecule has 1 aromatic rings. The van der Waals surface area contributed by atoms with E-state index in [0.29, 0.717) is 6.61 Å². The highest BCUT2D eigenvalue weighted by Crippen LogP contribution is 2.13. The van der Waals surface area contributed by atoms with Gasteiger partial charge in [-0.2, -0.15) is 0 Å². The number of methoxy groups -OCH3 is 1. The highest BCUT2D eigenvalue weighted by molar-refractivity contribution is 7.89. The average molecular weight is 277 g/mol. The van der Waals surface area contributed by atoms with Gasteiger partial charge in [-0.05, 0) is 18.1 Å². The van der Waals surface area contributed by atoms with Crippen molar-refractivity contribution >= 4 is 16.0 Å². The molecule has 0 spiro atoms. The van der Waals surface area contributed by atoms with Crippen LogP contribution in [0.4, 0.5) is 0 Å². The lowest BCUT2D eigenvalue weighted by atomic mass is 10.2. The molecule has 0 fully saturated rings. The Balaban J connectivity index is 2.71. The summed E-state index contributed by atoms with van der Waals surface area (Å²) >= 11 is 0. The smallest absolute Gasteiger partial charge is 0.371 e. The molecule has 1 heterocycles. The molecule has 1 aromatic heterocycles. The molecule has 1 unspecified atom stereocenters. The van der Waals surface area contributed by atoms with Gasteiger partial charge in [-0.3, -0.25) is 0 Å². The third-order valence-electron chi connectivity index (χ3n) is 2.13. The monoisotopic (exact) mass is 277 g/mol. The Bertz CT molecular complexity index is 506. The lowest BCUT2D eigenvalue weighted by Crippen LogP contribution is -2.29. The Morgan fingerprint density at radius 3 is 2.72 bits per heavy atom. The third kappa shape index (κ3) is 3.83. The van der Waals surface area contributed by atoms with Crippen LogP contribution in [0.15, 0.2) is 21.6 Å². The minimum Gasteiger partial charge on any atom is -0.475 e. The number of ether oxygens (including phenoxy) is 1. The normalized spacial score (nSPS) is 13.4. The Kier molecular flexibility index (Phi) is 4.88. The SMILES string of the molecule is COCC(C)CNS(=O)(=O)c1ccc(C(=O)O)o1. The van der Waals surface area contributed by atoms with E-state index in [0.717, 1.165) is 12.1 Å². The number of hydrogen-bond donors (Lipinski definition) is 2. The zero-order valence-corrected chi connectivity index (χ0v) is 10.9. The standard InChI is InChI=1S/C10H15NO6S/c1-7(6-16-2)5-11-18(14,15)9-4-3-8(17-9)10(12)13/h3-4,7,11H,5-6H2,1-2H3,(H,12,13). The van der Waals surface area contributed by atoms with E-state index in [1.165, 1.54) is 7.11 Å². The van der Waals surface area contributed by atoms with Crippen molar-refractivity contribution in [3.8, 4) is 0 Å². The number of sulfonamides is 1. The van der Waals surface area contributed by atoms with Crippen LogP contribution < -0.4 is 4.72 Å². The fourth-order valence-electron chi connectivity index (χ4n) is 1.25. The molecule has 0 aliphatic heterocycles. The van der Waals surface area contributed by atoms with Gasteiger partial charge in [0, 0.05) is 20.3 Å². The first kappa shape index (κ1) is 14.7. The van der Waals surface area contributed by atoms with E-state index < -0.39 is 26.8 Å². The van der Waals surface area contributed by atoms with E-state index >= 15 is 0 Å². The van der Waals surface area contributed by atoms with E-state index in [1.54, 1.807) is 0 Å². The highest BCUT2D eigenvalue weighted by atomic mass is 32.2. The molecule has 18 heavy (non-hydrogen) atoms. The topological polar surface area (TPSA) is 106 Å². The van der Waals surface area contributed by atoms with Crippen molar-refractivity contribution in [3.05, 3.63) is 17.9 Å². The number of hydrogen-bond acceptors (Lipinski definition) is 5. The maximum atomic E-state index is 11.7. The molecule has 0 saturated heterocycles. The van der Waals surface area contributed by atoms with E-state index in [2.05, 4.69) is 4.72 Å². The first-order chi connectivity index (χ1) is 8.36. The summed E-state index contributed by atoms with van der Waals surface area (Å²) in [5, 5.41) is 8.21. The van der Waals surface area contributed by atoms with Crippen LogP contribution in [0.2, 0.25) is 0 Å². The Morgan fingerprint density at radius 2 is 2.22 bits per heavy atom. The predicted molar refractivity (Wildman–Crippen MR) is 61.9 cm³/mol. The van der Waals surface area contributed by atoms with E-state index in [4.69, 9.17) is 14.3 Å². The number of carbonyl (C=O) groups is 1. The van der Waals surface area contributed by atoms with Crippen molar-refractivity contribution in [3.63, 3.8) is 0 Å². The zero-order valence-electron chi connectivity index (χ0n) is 10.0. The lowest BCUT2D eigenvalue weighted by Gasteiger charge is -2.10. The molecule has 0 aliphatic rings. The van der Waals surface area contributed by atoms with Crippen molar-refractivity contribution in [1.82, 2.24) is 4.72 Å². The van der Waals surface area contributed by atoms with Crippen LogP contribution in [0.1, 0.15) is 17.5 Å². The summed E-state index contributed by atoms with van der Waals surface area (Å²) in [6.07, 6.45) is 0. The second kappa shape index (κ2) is 5.98. The molecule has 0 bridgehead atoms. The number of aromatic carboxylic acids is 1. The Morgan fingerprint density at radius 1 is 1.56 bits per heavy atom. The maximum Gasteiger partial charge on any atom is 0.371 e. The van der Waals surface area contributed by atoms with Crippen LogP contribution in [0, 0.1) is 5.92 Å². The minimum absolute atomic E-state index is 0.00122. The van der Waals surface area contributed by atoms with Gasteiger partial charge < -0.3 is 14.3 Å². The minimum atomic E-state index is -3.82. The van der Waals surface area contributed by atoms with E-state index in [-0.39, 0.29) is 12.5 Å². The van der Waals surface area contributed by atoms with Crippen molar-refractivity contribution in [1.29, 1.82) is 0 Å². The van der Waals surface area contributed by atoms with Gasteiger partial charge in [-0.1, -0.05) is 6.92 Å². The molecular formula is C10H15NO6S. The van der Waals surface area contributed by atoms with Gasteiger partial charge in [0.05, 0.1) is 0 Å². The average Bonchev–Trinajstić information content (AvgIpc) is 2.77. The fourth-order valence-corrected chi connectivity index (χ4v) is 2.34. The molecule has 102 valence electrons. The van der Waals surface area contributed by atoms with Crippen LogP contribution in [0.3, 0.4) is 0 Å². The van der Waals surface area contributed by atoms with Crippen LogP contribution >= 0.6 is 0 Å². The molecule has 1 atom stereocenters. The van der Waals surface area contributed by atoms with Gasteiger partial charge in [0.2, 0.25) is 10.9 Å². The van der Waals surface area contributed by atoms with Gasteiger partial charge >= 0.3 is 5.97 Å². The second-order valence-electron chi connectivity index (χ2n) is 3.84. The third-order valence-corrected chi connectivity index (χ3v) is 3.43. The van der Waals surface area contributed by atoms with Crippen molar-refractivity contribution in [2.24, 2.45) is 5.92 Å². The first-order valence-electron chi connectivity index (χ1n) is 5.18. The van der Waals surface area contributed by atoms with Gasteiger partial charge in [0.25, 0.3) is 10.0 Å². The number of nitrogens with one attached hydrogen (secondary N) is 1. The van der Waals surface area contributed by atoms with Gasteiger partial charge in [0.15, 0.2) is 0 Å². The highest BCUT2D eigenvalue weighted by Gasteiger charge is 2.21. The van der Waals surface area contributed by atoms with Crippen LogP contribution in [0.5, 0.6) is 0 Å². The van der Waals surface area contributed by atoms with Crippen molar-refractivity contribution < 1.29 is 27.5 Å². The van der Waals surface area contributed by atoms with E-state index in [1.807, 2.05) is 6.92 Å². The lowest BCUT2D eigenvalue weighted by molar-refractivity contribution is 0.0656. The Labute approximate surface area is 105 Å². The van der Waals surface area contributed by atoms with Gasteiger partial charge in [-0.15, -0.1) is 0 Å². The predicted octanol–water partition coefficient (Wildman–Crippen LogP) is 0.539. The summed E-state index contributed by atoms with van der Waals surface area (Å²) in [5.41, 5.74) is 0. The van der Waals surface area contributed by atoms with Crippen molar-refractivity contribution in [2.75, 3.05) is 20.3 Å². The van der Waals surface area contributed by atoms with Crippen molar-refractivity contribution in [2.45, 2.75) is 12.0 Å². The largest absolute Gasteiger partial charge is 0.475 e.